The summed E-state index contributed by atoms with van der Waals surface area (Å²) < 4.78 is 10.2. The Hall–Kier alpha value is -2.48. The molecule has 1 N–H and O–H groups in total. The number of carbonyl (C=O) groups is 1. The zero-order valence-corrected chi connectivity index (χ0v) is 10.5. The largest absolute Gasteiger partial charge is 0.493 e. The fourth-order valence-corrected chi connectivity index (χ4v) is 1.39. The van der Waals surface area contributed by atoms with Crippen molar-refractivity contribution in [3.8, 4) is 17.6 Å². The van der Waals surface area contributed by atoms with E-state index in [0.29, 0.717) is 17.1 Å². The van der Waals surface area contributed by atoms with Crippen molar-refractivity contribution in [2.75, 3.05) is 21.3 Å². The molecule has 0 aliphatic carbocycles. The molecular weight excluding hydrogens is 232 g/mol. The molecule has 0 radical (unpaired) electrons. The van der Waals surface area contributed by atoms with Gasteiger partial charge in [0.2, 0.25) is 0 Å². The standard InChI is InChI=1S/C13H14N2O3/c1-15-13(16)10(8-14)6-9-4-5-11(17-2)12(7-9)18-3/h4-7H,1-3H3,(H,15,16)/b10-6-. The molecule has 0 saturated carbocycles. The second-order valence-corrected chi connectivity index (χ2v) is 3.36. The topological polar surface area (TPSA) is 71.4 Å². The monoisotopic (exact) mass is 246 g/mol. The highest BCUT2D eigenvalue weighted by molar-refractivity contribution is 6.01. The lowest BCUT2D eigenvalue weighted by atomic mass is 10.1. The summed E-state index contributed by atoms with van der Waals surface area (Å²) in [5, 5.41) is 11.3. The van der Waals surface area contributed by atoms with Crippen molar-refractivity contribution in [2.45, 2.75) is 0 Å². The Labute approximate surface area is 106 Å². The van der Waals surface area contributed by atoms with E-state index in [1.807, 2.05) is 6.07 Å². The Balaban J connectivity index is 3.15. The van der Waals surface area contributed by atoms with Gasteiger partial charge in [0.05, 0.1) is 14.2 Å². The van der Waals surface area contributed by atoms with Crippen LogP contribution in [0.1, 0.15) is 5.56 Å². The van der Waals surface area contributed by atoms with Gasteiger partial charge in [0.15, 0.2) is 11.5 Å². The fraction of sp³-hybridized carbons (Fsp3) is 0.231. The van der Waals surface area contributed by atoms with Gasteiger partial charge in [0.25, 0.3) is 5.91 Å². The van der Waals surface area contributed by atoms with Gasteiger partial charge in [-0.25, -0.2) is 0 Å². The van der Waals surface area contributed by atoms with E-state index in [-0.39, 0.29) is 5.57 Å². The van der Waals surface area contributed by atoms with Crippen molar-refractivity contribution >= 4 is 12.0 Å². The van der Waals surface area contributed by atoms with Crippen molar-refractivity contribution in [1.82, 2.24) is 5.32 Å². The van der Waals surface area contributed by atoms with Gasteiger partial charge in [-0.15, -0.1) is 0 Å². The van der Waals surface area contributed by atoms with Gasteiger partial charge in [-0.05, 0) is 23.8 Å². The predicted octanol–water partition coefficient (Wildman–Crippen LogP) is 1.36. The first-order chi connectivity index (χ1) is 8.65. The van der Waals surface area contributed by atoms with E-state index < -0.39 is 5.91 Å². The number of nitrogens with one attached hydrogen (secondary N) is 1. The molecule has 0 saturated heterocycles. The maximum absolute atomic E-state index is 11.4. The highest BCUT2D eigenvalue weighted by Gasteiger charge is 2.08. The first-order valence-electron chi connectivity index (χ1n) is 5.22. The number of benzene rings is 1. The molecule has 1 aromatic carbocycles. The van der Waals surface area contributed by atoms with Crippen molar-refractivity contribution in [2.24, 2.45) is 0 Å². The molecule has 0 aromatic heterocycles. The van der Waals surface area contributed by atoms with E-state index in [9.17, 15) is 4.79 Å². The van der Waals surface area contributed by atoms with Crippen LogP contribution in [0.25, 0.3) is 6.08 Å². The highest BCUT2D eigenvalue weighted by Crippen LogP contribution is 2.28. The summed E-state index contributed by atoms with van der Waals surface area (Å²) in [5.74, 6) is 0.709. The Kier molecular flexibility index (Phi) is 4.76. The summed E-state index contributed by atoms with van der Waals surface area (Å²) in [6.07, 6.45) is 1.49. The number of ether oxygens (including phenoxy) is 2. The Bertz CT molecular complexity index is 515. The average molecular weight is 246 g/mol. The highest BCUT2D eigenvalue weighted by atomic mass is 16.5. The van der Waals surface area contributed by atoms with E-state index in [2.05, 4.69) is 5.32 Å². The fourth-order valence-electron chi connectivity index (χ4n) is 1.39. The number of rotatable bonds is 4. The number of methoxy groups -OCH3 is 2. The second kappa shape index (κ2) is 6.30. The third kappa shape index (κ3) is 3.01. The van der Waals surface area contributed by atoms with Crippen molar-refractivity contribution in [3.05, 3.63) is 29.3 Å². The van der Waals surface area contributed by atoms with Crippen LogP contribution in [0.3, 0.4) is 0 Å². The summed E-state index contributed by atoms with van der Waals surface area (Å²) in [6, 6.07) is 6.99. The van der Waals surface area contributed by atoms with E-state index in [4.69, 9.17) is 14.7 Å². The Morgan fingerprint density at radius 2 is 2.00 bits per heavy atom. The molecular formula is C13H14N2O3. The molecule has 0 aliphatic rings. The molecule has 5 heteroatoms. The number of nitrogens with zero attached hydrogens (tertiary/aromatic N) is 1. The van der Waals surface area contributed by atoms with Crippen LogP contribution in [-0.2, 0) is 4.79 Å². The van der Waals surface area contributed by atoms with Crippen LogP contribution >= 0.6 is 0 Å². The number of hydrogen-bond donors (Lipinski definition) is 1. The van der Waals surface area contributed by atoms with Crippen molar-refractivity contribution < 1.29 is 14.3 Å². The molecule has 1 amide bonds. The molecule has 94 valence electrons. The lowest BCUT2D eigenvalue weighted by Gasteiger charge is -2.07. The molecule has 0 heterocycles. The molecule has 0 unspecified atom stereocenters. The van der Waals surface area contributed by atoms with Crippen molar-refractivity contribution in [3.63, 3.8) is 0 Å². The molecule has 0 fully saturated rings. The van der Waals surface area contributed by atoms with Crippen LogP contribution in [-0.4, -0.2) is 27.2 Å². The van der Waals surface area contributed by atoms with Crippen LogP contribution in [0.2, 0.25) is 0 Å². The number of amides is 1. The molecule has 0 bridgehead atoms. The third-order valence-electron chi connectivity index (χ3n) is 2.31. The minimum atomic E-state index is -0.424. The van der Waals surface area contributed by atoms with E-state index in [0.717, 1.165) is 0 Å². The van der Waals surface area contributed by atoms with Crippen LogP contribution < -0.4 is 14.8 Å². The van der Waals surface area contributed by atoms with Gasteiger partial charge < -0.3 is 14.8 Å². The molecule has 18 heavy (non-hydrogen) atoms. The van der Waals surface area contributed by atoms with Crippen LogP contribution in [0.5, 0.6) is 11.5 Å². The zero-order chi connectivity index (χ0) is 13.5. The summed E-state index contributed by atoms with van der Waals surface area (Å²) in [4.78, 5) is 11.4. The number of carbonyl (C=O) groups excluding carboxylic acids is 1. The Morgan fingerprint density at radius 1 is 1.33 bits per heavy atom. The lowest BCUT2D eigenvalue weighted by Crippen LogP contribution is -2.19. The molecule has 5 nitrogen and oxygen atoms in total. The van der Waals surface area contributed by atoms with Gasteiger partial charge >= 0.3 is 0 Å². The second-order valence-electron chi connectivity index (χ2n) is 3.36. The van der Waals surface area contributed by atoms with Gasteiger partial charge in [0, 0.05) is 7.05 Å². The maximum atomic E-state index is 11.4. The normalized spacial score (nSPS) is 10.4. The number of nitriles is 1. The molecule has 1 rings (SSSR count). The summed E-state index contributed by atoms with van der Waals surface area (Å²) >= 11 is 0. The van der Waals surface area contributed by atoms with E-state index in [1.165, 1.54) is 20.2 Å². The minimum Gasteiger partial charge on any atom is -0.493 e. The van der Waals surface area contributed by atoms with Crippen LogP contribution in [0.4, 0.5) is 0 Å². The number of hydrogen-bond acceptors (Lipinski definition) is 4. The average Bonchev–Trinajstić information content (AvgIpc) is 2.43. The van der Waals surface area contributed by atoms with Gasteiger partial charge in [-0.1, -0.05) is 6.07 Å². The minimum absolute atomic E-state index is 0.0321. The van der Waals surface area contributed by atoms with Crippen LogP contribution in [0, 0.1) is 11.3 Å². The first kappa shape index (κ1) is 13.6. The summed E-state index contributed by atoms with van der Waals surface area (Å²) in [7, 11) is 4.54. The molecule has 0 spiro atoms. The summed E-state index contributed by atoms with van der Waals surface area (Å²) in [6.45, 7) is 0. The number of likely N-dealkylation sites (N-methyl/N-ethyl adjacent to an activating group) is 1. The van der Waals surface area contributed by atoms with Crippen molar-refractivity contribution in [1.29, 1.82) is 5.26 Å². The van der Waals surface area contributed by atoms with E-state index >= 15 is 0 Å². The van der Waals surface area contributed by atoms with Gasteiger partial charge in [0.1, 0.15) is 11.6 Å². The van der Waals surface area contributed by atoms with Gasteiger partial charge in [-0.3, -0.25) is 4.79 Å². The zero-order valence-electron chi connectivity index (χ0n) is 10.5. The lowest BCUT2D eigenvalue weighted by molar-refractivity contribution is -0.116. The maximum Gasteiger partial charge on any atom is 0.261 e. The third-order valence-corrected chi connectivity index (χ3v) is 2.31. The molecule has 1 aromatic rings. The molecule has 0 aliphatic heterocycles. The summed E-state index contributed by atoms with van der Waals surface area (Å²) in [5.41, 5.74) is 0.720. The SMILES string of the molecule is CNC(=O)/C(C#N)=C\c1ccc(OC)c(OC)c1. The first-order valence-corrected chi connectivity index (χ1v) is 5.22. The Morgan fingerprint density at radius 3 is 2.50 bits per heavy atom. The van der Waals surface area contributed by atoms with Crippen LogP contribution in [0.15, 0.2) is 23.8 Å². The quantitative estimate of drug-likeness (QED) is 0.643. The predicted molar refractivity (Wildman–Crippen MR) is 67.2 cm³/mol. The van der Waals surface area contributed by atoms with E-state index in [1.54, 1.807) is 25.3 Å². The smallest absolute Gasteiger partial charge is 0.261 e. The molecule has 0 atom stereocenters. The van der Waals surface area contributed by atoms with Gasteiger partial charge in [-0.2, -0.15) is 5.26 Å².